The Bertz CT molecular complexity index is 958. The molecule has 0 N–H and O–H groups in total. The second-order valence-electron chi connectivity index (χ2n) is 15.9. The van der Waals surface area contributed by atoms with E-state index in [0.29, 0.717) is 59.3 Å². The van der Waals surface area contributed by atoms with Crippen molar-refractivity contribution in [3.63, 3.8) is 0 Å². The molecule has 10 atom stereocenters. The Morgan fingerprint density at radius 2 is 0.741 bits per heavy atom. The van der Waals surface area contributed by atoms with Crippen molar-refractivity contribution < 1.29 is 56.9 Å². The predicted molar refractivity (Wildman–Crippen MR) is 227 cm³/mol. The van der Waals surface area contributed by atoms with E-state index >= 15 is 0 Å². The van der Waals surface area contributed by atoms with Gasteiger partial charge >= 0.3 is 5.97 Å². The Morgan fingerprint density at radius 1 is 0.397 bits per heavy atom. The van der Waals surface area contributed by atoms with Crippen LogP contribution in [0.3, 0.4) is 0 Å². The molecule has 0 bridgehead atoms. The molecule has 6 unspecified atom stereocenters. The molecule has 2 aliphatic heterocycles. The van der Waals surface area contributed by atoms with Crippen molar-refractivity contribution in [2.24, 2.45) is 0 Å². The van der Waals surface area contributed by atoms with Gasteiger partial charge < -0.3 is 52.1 Å². The molecule has 2 saturated heterocycles. The minimum absolute atomic E-state index is 0.00285. The molecule has 2 aliphatic rings. The summed E-state index contributed by atoms with van der Waals surface area (Å²) in [7, 11) is 0. The Balaban J connectivity index is 2.64. The first kappa shape index (κ1) is 53.2. The zero-order chi connectivity index (χ0) is 42.2. The van der Waals surface area contributed by atoms with Crippen molar-refractivity contribution >= 4 is 5.97 Å². The van der Waals surface area contributed by atoms with E-state index in [9.17, 15) is 4.79 Å². The second kappa shape index (κ2) is 34.6. The van der Waals surface area contributed by atoms with Crippen LogP contribution in [-0.2, 0) is 56.9 Å². The summed E-state index contributed by atoms with van der Waals surface area (Å²) < 4.78 is 73.1. The number of carbonyl (C=O) groups is 1. The van der Waals surface area contributed by atoms with E-state index in [1.54, 1.807) is 0 Å². The van der Waals surface area contributed by atoms with Crippen LogP contribution in [0, 0.1) is 0 Å². The molecule has 12 nitrogen and oxygen atoms in total. The summed E-state index contributed by atoms with van der Waals surface area (Å²) in [5, 5.41) is 0. The molecule has 344 valence electrons. The van der Waals surface area contributed by atoms with Gasteiger partial charge in [-0.15, -0.1) is 0 Å². The van der Waals surface area contributed by atoms with E-state index < -0.39 is 61.4 Å². The van der Waals surface area contributed by atoms with Gasteiger partial charge in [0.25, 0.3) is 0 Å². The van der Waals surface area contributed by atoms with E-state index in [0.717, 1.165) is 109 Å². The van der Waals surface area contributed by atoms with Gasteiger partial charge in [0, 0.05) is 52.7 Å². The van der Waals surface area contributed by atoms with Crippen LogP contribution in [0.1, 0.15) is 171 Å². The van der Waals surface area contributed by atoms with Crippen molar-refractivity contribution in [3.8, 4) is 0 Å². The van der Waals surface area contributed by atoms with E-state index in [2.05, 4.69) is 55.4 Å². The maximum absolute atomic E-state index is 13.0. The van der Waals surface area contributed by atoms with Gasteiger partial charge in [0.15, 0.2) is 12.6 Å². The quantitative estimate of drug-likeness (QED) is 0.0438. The average molecular weight is 833 g/mol. The summed E-state index contributed by atoms with van der Waals surface area (Å²) in [6.07, 6.45) is 9.94. The van der Waals surface area contributed by atoms with Gasteiger partial charge in [-0.25, -0.2) is 0 Å². The molecule has 0 amide bonds. The SMILES string of the molecule is CCCCCC(=O)OCC1O[C@H](O[C@H]2OC(COCCCC)[C@@H](OCCCC)C(OCCCC)C2OCCCC)C(OCCCC)C(OCCCC)[C@@H]1OCCCC. The summed E-state index contributed by atoms with van der Waals surface area (Å²) in [5.74, 6) is -0.251. The van der Waals surface area contributed by atoms with E-state index in [-0.39, 0.29) is 12.6 Å². The molecular formula is C46H88O12. The van der Waals surface area contributed by atoms with Gasteiger partial charge in [0.2, 0.25) is 0 Å². The summed E-state index contributed by atoms with van der Waals surface area (Å²) >= 11 is 0. The Labute approximate surface area is 354 Å². The van der Waals surface area contributed by atoms with Crippen molar-refractivity contribution in [3.05, 3.63) is 0 Å². The Hall–Kier alpha value is -0.930. The highest BCUT2D eigenvalue weighted by atomic mass is 16.8. The van der Waals surface area contributed by atoms with Crippen LogP contribution >= 0.6 is 0 Å². The number of rotatable bonds is 37. The van der Waals surface area contributed by atoms with Crippen LogP contribution in [0.4, 0.5) is 0 Å². The minimum Gasteiger partial charge on any atom is -0.463 e. The maximum atomic E-state index is 13.0. The third-order valence-electron chi connectivity index (χ3n) is 10.6. The number of ether oxygens (including phenoxy) is 11. The lowest BCUT2D eigenvalue weighted by Gasteiger charge is -2.49. The predicted octanol–water partition coefficient (Wildman–Crippen LogP) is 9.50. The average Bonchev–Trinajstić information content (AvgIpc) is 3.22. The molecule has 0 aromatic heterocycles. The molecule has 2 heterocycles. The molecule has 0 radical (unpaired) electrons. The van der Waals surface area contributed by atoms with Crippen LogP contribution < -0.4 is 0 Å². The first-order valence-electron chi connectivity index (χ1n) is 23.8. The normalized spacial score (nSPS) is 27.6. The molecule has 2 fully saturated rings. The first-order valence-corrected chi connectivity index (χ1v) is 23.8. The lowest BCUT2D eigenvalue weighted by molar-refractivity contribution is -0.391. The Morgan fingerprint density at radius 3 is 1.14 bits per heavy atom. The Kier molecular flexibility index (Phi) is 31.8. The molecule has 58 heavy (non-hydrogen) atoms. The molecule has 0 aromatic rings. The molecule has 0 aromatic carbocycles. The highest BCUT2D eigenvalue weighted by Crippen LogP contribution is 2.35. The summed E-state index contributed by atoms with van der Waals surface area (Å²) in [6.45, 7) is 21.2. The molecule has 2 rings (SSSR count). The second-order valence-corrected chi connectivity index (χ2v) is 15.9. The topological polar surface area (TPSA) is 119 Å². The summed E-state index contributed by atoms with van der Waals surface area (Å²) in [4.78, 5) is 13.0. The molecule has 0 saturated carbocycles. The lowest BCUT2D eigenvalue weighted by Crippen LogP contribution is -2.66. The lowest BCUT2D eigenvalue weighted by atomic mass is 9.96. The summed E-state index contributed by atoms with van der Waals surface area (Å²) in [5.41, 5.74) is 0. The first-order chi connectivity index (χ1) is 28.4. The van der Waals surface area contributed by atoms with Gasteiger partial charge in [-0.2, -0.15) is 0 Å². The number of hydrogen-bond acceptors (Lipinski definition) is 12. The van der Waals surface area contributed by atoms with Crippen molar-refractivity contribution in [2.75, 3.05) is 59.5 Å². The monoisotopic (exact) mass is 833 g/mol. The smallest absolute Gasteiger partial charge is 0.305 e. The van der Waals surface area contributed by atoms with Gasteiger partial charge in [0.1, 0.15) is 55.4 Å². The van der Waals surface area contributed by atoms with Crippen molar-refractivity contribution in [1.29, 1.82) is 0 Å². The highest BCUT2D eigenvalue weighted by Gasteiger charge is 2.54. The number of hydrogen-bond donors (Lipinski definition) is 0. The van der Waals surface area contributed by atoms with Crippen molar-refractivity contribution in [2.45, 2.75) is 232 Å². The summed E-state index contributed by atoms with van der Waals surface area (Å²) in [6, 6.07) is 0. The van der Waals surface area contributed by atoms with Crippen LogP contribution in [0.25, 0.3) is 0 Å². The van der Waals surface area contributed by atoms with Crippen LogP contribution in [0.2, 0.25) is 0 Å². The van der Waals surface area contributed by atoms with Crippen LogP contribution in [0.5, 0.6) is 0 Å². The minimum atomic E-state index is -0.962. The van der Waals surface area contributed by atoms with E-state index in [4.69, 9.17) is 52.1 Å². The molecule has 0 spiro atoms. The fraction of sp³-hybridized carbons (Fsp3) is 0.978. The standard InChI is InChI=1S/C46H88O12/c1-9-17-25-26-38(47)55-35-37-40(50-29-20-12-4)42(52-31-22-14-6)44(54-33-24-16-8)46(57-37)58-45-43(53-32-23-15-7)41(51-30-21-13-5)39(49-28-19-11-3)36(56-45)34-48-27-18-10-2/h36-37,39-46H,9-35H2,1-8H3/t36?,37?,39-,40-,41?,42?,43?,44?,45-,46-/m1/s1. The zero-order valence-electron chi connectivity index (χ0n) is 38.3. The van der Waals surface area contributed by atoms with E-state index in [1.807, 2.05) is 0 Å². The number of esters is 1. The third-order valence-corrected chi connectivity index (χ3v) is 10.6. The number of unbranched alkanes of at least 4 members (excludes halogenated alkanes) is 9. The van der Waals surface area contributed by atoms with E-state index in [1.165, 1.54) is 0 Å². The third kappa shape index (κ3) is 20.3. The van der Waals surface area contributed by atoms with Crippen molar-refractivity contribution in [1.82, 2.24) is 0 Å². The highest BCUT2D eigenvalue weighted by molar-refractivity contribution is 5.69. The fourth-order valence-corrected chi connectivity index (χ4v) is 6.91. The van der Waals surface area contributed by atoms with Gasteiger partial charge in [-0.3, -0.25) is 4.79 Å². The molecular weight excluding hydrogens is 744 g/mol. The fourth-order valence-electron chi connectivity index (χ4n) is 6.91. The molecule has 0 aliphatic carbocycles. The van der Waals surface area contributed by atoms with Gasteiger partial charge in [-0.05, 0) is 51.4 Å². The maximum Gasteiger partial charge on any atom is 0.305 e. The zero-order valence-corrected chi connectivity index (χ0v) is 38.3. The van der Waals surface area contributed by atoms with Gasteiger partial charge in [0.05, 0.1) is 6.61 Å². The van der Waals surface area contributed by atoms with Crippen LogP contribution in [0.15, 0.2) is 0 Å². The van der Waals surface area contributed by atoms with Gasteiger partial charge in [-0.1, -0.05) is 113 Å². The number of carbonyl (C=O) groups excluding carboxylic acids is 1. The van der Waals surface area contributed by atoms with Crippen LogP contribution in [-0.4, -0.2) is 127 Å². The largest absolute Gasteiger partial charge is 0.463 e. The molecule has 12 heteroatoms.